The Balaban J connectivity index is 2.54. The normalized spacial score (nSPS) is 10.5. The first-order valence-corrected chi connectivity index (χ1v) is 4.74. The van der Waals surface area contributed by atoms with Crippen molar-refractivity contribution in [1.82, 2.24) is 5.43 Å². The molecular formula is C10H13N3O2. The van der Waals surface area contributed by atoms with Crippen molar-refractivity contribution in [2.45, 2.75) is 19.8 Å². The minimum atomic E-state index is -0.382. The first kappa shape index (κ1) is 11.2. The monoisotopic (exact) mass is 207 g/mol. The predicted octanol–water partition coefficient (Wildman–Crippen LogP) is 0.836. The van der Waals surface area contributed by atoms with Crippen LogP contribution in [0.5, 0.6) is 0 Å². The van der Waals surface area contributed by atoms with Crippen molar-refractivity contribution in [1.29, 1.82) is 0 Å². The number of carbonyl (C=O) groups excluding carboxylic acids is 1. The Kier molecular flexibility index (Phi) is 4.28. The number of amides is 1. The van der Waals surface area contributed by atoms with Gasteiger partial charge in [-0.2, -0.15) is 9.83 Å². The van der Waals surface area contributed by atoms with E-state index in [1.807, 2.05) is 6.92 Å². The van der Waals surface area contributed by atoms with Gasteiger partial charge in [0.2, 0.25) is 0 Å². The fourth-order valence-electron chi connectivity index (χ4n) is 0.951. The van der Waals surface area contributed by atoms with Crippen molar-refractivity contribution in [2.24, 2.45) is 5.10 Å². The highest BCUT2D eigenvalue weighted by atomic mass is 16.5. The number of nitrogens with one attached hydrogen (secondary N) is 1. The van der Waals surface area contributed by atoms with Crippen LogP contribution in [-0.2, 0) is 0 Å². The predicted molar refractivity (Wildman–Crippen MR) is 56.3 cm³/mol. The van der Waals surface area contributed by atoms with Crippen LogP contribution in [0.15, 0.2) is 29.6 Å². The number of pyridine rings is 1. The Labute approximate surface area is 88.0 Å². The van der Waals surface area contributed by atoms with Crippen LogP contribution >= 0.6 is 0 Å². The molecule has 0 aliphatic heterocycles. The molecule has 0 saturated heterocycles. The highest BCUT2D eigenvalue weighted by Gasteiger charge is 2.06. The first-order valence-electron chi connectivity index (χ1n) is 4.74. The van der Waals surface area contributed by atoms with Gasteiger partial charge in [-0.1, -0.05) is 13.3 Å². The molecule has 1 heterocycles. The molecule has 0 saturated carbocycles. The van der Waals surface area contributed by atoms with Gasteiger partial charge in [0.15, 0.2) is 12.4 Å². The molecule has 5 nitrogen and oxygen atoms in total. The van der Waals surface area contributed by atoms with E-state index < -0.39 is 0 Å². The second kappa shape index (κ2) is 5.74. The van der Waals surface area contributed by atoms with Gasteiger partial charge in [-0.25, -0.2) is 5.43 Å². The average Bonchev–Trinajstić information content (AvgIpc) is 2.24. The summed E-state index contributed by atoms with van der Waals surface area (Å²) in [6.07, 6.45) is 5.94. The summed E-state index contributed by atoms with van der Waals surface area (Å²) in [5, 5.41) is 14.6. The van der Waals surface area contributed by atoms with Crippen molar-refractivity contribution in [3.8, 4) is 0 Å². The van der Waals surface area contributed by atoms with Crippen LogP contribution in [0.25, 0.3) is 0 Å². The molecule has 0 spiro atoms. The van der Waals surface area contributed by atoms with Gasteiger partial charge in [0, 0.05) is 12.3 Å². The maximum Gasteiger partial charge on any atom is 0.277 e. The van der Waals surface area contributed by atoms with E-state index in [4.69, 9.17) is 0 Å². The van der Waals surface area contributed by atoms with Crippen LogP contribution in [0.4, 0.5) is 0 Å². The van der Waals surface area contributed by atoms with E-state index in [9.17, 15) is 10.0 Å². The Morgan fingerprint density at radius 3 is 3.20 bits per heavy atom. The van der Waals surface area contributed by atoms with E-state index >= 15 is 0 Å². The van der Waals surface area contributed by atoms with Crippen molar-refractivity contribution in [2.75, 3.05) is 0 Å². The molecule has 0 aliphatic rings. The Morgan fingerprint density at radius 1 is 1.73 bits per heavy atom. The number of aromatic nitrogens is 1. The lowest BCUT2D eigenvalue weighted by Crippen LogP contribution is -2.28. The van der Waals surface area contributed by atoms with E-state index in [1.54, 1.807) is 12.3 Å². The minimum Gasteiger partial charge on any atom is -0.619 e. The SMILES string of the molecule is CCC/C=N/NC(=O)c1ccc[n+]([O-])c1. The summed E-state index contributed by atoms with van der Waals surface area (Å²) in [5.41, 5.74) is 2.63. The van der Waals surface area contributed by atoms with Crippen molar-refractivity contribution >= 4 is 12.1 Å². The summed E-state index contributed by atoms with van der Waals surface area (Å²) in [5.74, 6) is -0.382. The van der Waals surface area contributed by atoms with Crippen molar-refractivity contribution in [3.05, 3.63) is 35.3 Å². The highest BCUT2D eigenvalue weighted by molar-refractivity contribution is 5.93. The molecule has 80 valence electrons. The summed E-state index contributed by atoms with van der Waals surface area (Å²) >= 11 is 0. The van der Waals surface area contributed by atoms with Gasteiger partial charge in [0.25, 0.3) is 5.91 Å². The van der Waals surface area contributed by atoms with Gasteiger partial charge >= 0.3 is 0 Å². The molecular weight excluding hydrogens is 194 g/mol. The van der Waals surface area contributed by atoms with Crippen LogP contribution in [0, 0.1) is 5.21 Å². The maximum absolute atomic E-state index is 11.4. The highest BCUT2D eigenvalue weighted by Crippen LogP contribution is 1.93. The third-order valence-electron chi connectivity index (χ3n) is 1.71. The van der Waals surface area contributed by atoms with Crippen LogP contribution in [-0.4, -0.2) is 12.1 Å². The zero-order valence-corrected chi connectivity index (χ0v) is 8.51. The molecule has 1 aromatic heterocycles. The number of hydrazone groups is 1. The molecule has 15 heavy (non-hydrogen) atoms. The zero-order valence-electron chi connectivity index (χ0n) is 8.51. The lowest BCUT2D eigenvalue weighted by Gasteiger charge is -1.99. The van der Waals surface area contributed by atoms with Crippen molar-refractivity contribution < 1.29 is 9.52 Å². The number of hydrogen-bond acceptors (Lipinski definition) is 3. The Morgan fingerprint density at radius 2 is 2.53 bits per heavy atom. The van der Waals surface area contributed by atoms with E-state index in [0.717, 1.165) is 12.8 Å². The maximum atomic E-state index is 11.4. The molecule has 0 radical (unpaired) electrons. The first-order chi connectivity index (χ1) is 7.24. The zero-order chi connectivity index (χ0) is 11.1. The molecule has 0 aromatic carbocycles. The molecule has 1 amide bonds. The third-order valence-corrected chi connectivity index (χ3v) is 1.71. The number of hydrogen-bond donors (Lipinski definition) is 1. The fraction of sp³-hybridized carbons (Fsp3) is 0.300. The van der Waals surface area contributed by atoms with Crippen LogP contribution in [0.2, 0.25) is 0 Å². The van der Waals surface area contributed by atoms with Gasteiger partial charge < -0.3 is 5.21 Å². The number of carbonyl (C=O) groups is 1. The molecule has 0 fully saturated rings. The minimum absolute atomic E-state index is 0.293. The molecule has 0 aliphatic carbocycles. The summed E-state index contributed by atoms with van der Waals surface area (Å²) in [6, 6.07) is 3.07. The number of unbranched alkanes of at least 4 members (excludes halogenated alkanes) is 1. The largest absolute Gasteiger partial charge is 0.619 e. The quantitative estimate of drug-likeness (QED) is 0.344. The van der Waals surface area contributed by atoms with Gasteiger partial charge in [-0.05, 0) is 12.5 Å². The van der Waals surface area contributed by atoms with Gasteiger partial charge in [0.1, 0.15) is 5.56 Å². The average molecular weight is 207 g/mol. The summed E-state index contributed by atoms with van der Waals surface area (Å²) in [6.45, 7) is 2.02. The molecule has 0 unspecified atom stereocenters. The molecule has 0 atom stereocenters. The molecule has 0 bridgehead atoms. The van der Waals surface area contributed by atoms with Gasteiger partial charge in [-0.15, -0.1) is 0 Å². The molecule has 1 aromatic rings. The smallest absolute Gasteiger partial charge is 0.277 e. The van der Waals surface area contributed by atoms with E-state index in [2.05, 4.69) is 10.5 Å². The fourth-order valence-corrected chi connectivity index (χ4v) is 0.951. The second-order valence-electron chi connectivity index (χ2n) is 2.99. The van der Waals surface area contributed by atoms with Gasteiger partial charge in [0.05, 0.1) is 0 Å². The third kappa shape index (κ3) is 3.76. The lowest BCUT2D eigenvalue weighted by atomic mass is 10.3. The van der Waals surface area contributed by atoms with Crippen LogP contribution in [0.1, 0.15) is 30.1 Å². The van der Waals surface area contributed by atoms with Crippen LogP contribution < -0.4 is 10.2 Å². The number of rotatable bonds is 4. The second-order valence-corrected chi connectivity index (χ2v) is 2.99. The molecule has 1 N–H and O–H groups in total. The van der Waals surface area contributed by atoms with Gasteiger partial charge in [-0.3, -0.25) is 4.79 Å². The summed E-state index contributed by atoms with van der Waals surface area (Å²) in [7, 11) is 0. The summed E-state index contributed by atoms with van der Waals surface area (Å²) < 4.78 is 0.574. The molecule has 5 heteroatoms. The Hall–Kier alpha value is -1.91. The van der Waals surface area contributed by atoms with Crippen molar-refractivity contribution in [3.63, 3.8) is 0 Å². The lowest BCUT2D eigenvalue weighted by molar-refractivity contribution is -0.605. The topological polar surface area (TPSA) is 68.4 Å². The standard InChI is InChI=1S/C10H13N3O2/c1-2-3-6-11-12-10(14)9-5-4-7-13(15)8-9/h4-8H,2-3H2,1H3,(H,12,14)/b11-6+. The van der Waals surface area contributed by atoms with E-state index in [-0.39, 0.29) is 5.91 Å². The van der Waals surface area contributed by atoms with E-state index in [1.165, 1.54) is 18.5 Å². The molecule has 1 rings (SSSR count). The Bertz CT molecular complexity index is 363. The van der Waals surface area contributed by atoms with Crippen LogP contribution in [0.3, 0.4) is 0 Å². The number of nitrogens with zero attached hydrogens (tertiary/aromatic N) is 2. The summed E-state index contributed by atoms with van der Waals surface area (Å²) in [4.78, 5) is 11.4. The van der Waals surface area contributed by atoms with E-state index in [0.29, 0.717) is 10.3 Å².